The Kier molecular flexibility index (Phi) is 5.73. The third-order valence-corrected chi connectivity index (χ3v) is 6.65. The van der Waals surface area contributed by atoms with Gasteiger partial charge in [0.05, 0.1) is 11.7 Å². The van der Waals surface area contributed by atoms with Gasteiger partial charge in [0.2, 0.25) is 10.0 Å². The number of anilines is 2. The summed E-state index contributed by atoms with van der Waals surface area (Å²) in [6.07, 6.45) is 2.19. The molecule has 0 spiro atoms. The number of rotatable bonds is 7. The molecule has 0 saturated heterocycles. The Morgan fingerprint density at radius 2 is 1.94 bits per heavy atom. The van der Waals surface area contributed by atoms with Crippen molar-refractivity contribution < 1.29 is 17.6 Å². The molecule has 2 N–H and O–H groups in total. The topological polar surface area (TPSA) is 88.2 Å². The number of Topliss-reactive ketones (excluding diaryl/α,β-unsaturated/α-hetero) is 1. The lowest BCUT2D eigenvalue weighted by atomic mass is 9.91. The van der Waals surface area contributed by atoms with Crippen molar-refractivity contribution in [3.63, 3.8) is 0 Å². The Hall–Kier alpha value is -3.26. The molecule has 1 unspecified atom stereocenters. The first-order chi connectivity index (χ1) is 14.9. The third kappa shape index (κ3) is 4.59. The van der Waals surface area contributed by atoms with Crippen molar-refractivity contribution in [2.24, 2.45) is 0 Å². The van der Waals surface area contributed by atoms with Crippen molar-refractivity contribution in [3.8, 4) is 11.1 Å². The van der Waals surface area contributed by atoms with Gasteiger partial charge in [-0.3, -0.25) is 9.52 Å². The number of hydrogen-bond donors (Lipinski definition) is 2. The maximum absolute atomic E-state index is 13.3. The number of benzene rings is 2. The SMILES string of the molecule is CCCS(=O)(=O)Nc1cccc(C(=O)C2CNc3ncc(-c4ccc(F)cc4)cc32)c1. The van der Waals surface area contributed by atoms with E-state index in [1.807, 2.05) is 6.07 Å². The summed E-state index contributed by atoms with van der Waals surface area (Å²) in [7, 11) is -3.44. The van der Waals surface area contributed by atoms with Crippen LogP contribution >= 0.6 is 0 Å². The van der Waals surface area contributed by atoms with Crippen LogP contribution in [0.15, 0.2) is 60.8 Å². The van der Waals surface area contributed by atoms with Crippen LogP contribution in [0.25, 0.3) is 11.1 Å². The summed E-state index contributed by atoms with van der Waals surface area (Å²) >= 11 is 0. The molecule has 3 aromatic rings. The standard InChI is InChI=1S/C23H22FN3O3S/c1-2-10-31(29,30)27-19-5-3-4-16(11-19)22(28)21-14-26-23-20(21)12-17(13-25-23)15-6-8-18(24)9-7-15/h3-9,11-13,21,27H,2,10,14H2,1H3,(H,25,26). The number of fused-ring (bicyclic) bond motifs is 1. The smallest absolute Gasteiger partial charge is 0.232 e. The van der Waals surface area contributed by atoms with Gasteiger partial charge in [-0.2, -0.15) is 0 Å². The first kappa shape index (κ1) is 21.0. The maximum atomic E-state index is 13.3. The first-order valence-electron chi connectivity index (χ1n) is 10.0. The summed E-state index contributed by atoms with van der Waals surface area (Å²) in [4.78, 5) is 17.7. The van der Waals surface area contributed by atoms with Gasteiger partial charge < -0.3 is 5.32 Å². The number of sulfonamides is 1. The molecule has 2 aromatic carbocycles. The average Bonchev–Trinajstić information content (AvgIpc) is 3.16. The summed E-state index contributed by atoms with van der Waals surface area (Å²) < 4.78 is 39.9. The molecule has 0 radical (unpaired) electrons. The van der Waals surface area contributed by atoms with E-state index in [9.17, 15) is 17.6 Å². The fourth-order valence-corrected chi connectivity index (χ4v) is 4.80. The quantitative estimate of drug-likeness (QED) is 0.532. The van der Waals surface area contributed by atoms with E-state index in [0.29, 0.717) is 30.0 Å². The Morgan fingerprint density at radius 1 is 1.16 bits per heavy atom. The molecule has 8 heteroatoms. The second kappa shape index (κ2) is 8.47. The Morgan fingerprint density at radius 3 is 2.68 bits per heavy atom. The van der Waals surface area contributed by atoms with Crippen LogP contribution in [0.5, 0.6) is 0 Å². The van der Waals surface area contributed by atoms with E-state index < -0.39 is 15.9 Å². The summed E-state index contributed by atoms with van der Waals surface area (Å²) in [5.41, 5.74) is 3.15. The molecular formula is C23H22FN3O3S. The van der Waals surface area contributed by atoms with Crippen molar-refractivity contribution in [3.05, 3.63) is 77.7 Å². The van der Waals surface area contributed by atoms with Gasteiger partial charge >= 0.3 is 0 Å². The number of halogens is 1. The first-order valence-corrected chi connectivity index (χ1v) is 11.7. The van der Waals surface area contributed by atoms with Crippen molar-refractivity contribution in [1.29, 1.82) is 0 Å². The number of aromatic nitrogens is 1. The molecule has 4 rings (SSSR count). The number of ketones is 1. The summed E-state index contributed by atoms with van der Waals surface area (Å²) in [6.45, 7) is 2.19. The van der Waals surface area contributed by atoms with E-state index in [1.54, 1.807) is 49.5 Å². The lowest BCUT2D eigenvalue weighted by molar-refractivity contribution is 0.0966. The third-order valence-electron chi connectivity index (χ3n) is 5.15. The second-order valence-electron chi connectivity index (χ2n) is 7.47. The zero-order valence-electron chi connectivity index (χ0n) is 16.9. The number of hydrogen-bond acceptors (Lipinski definition) is 5. The van der Waals surface area contributed by atoms with Crippen LogP contribution in [0, 0.1) is 5.82 Å². The zero-order valence-corrected chi connectivity index (χ0v) is 17.7. The van der Waals surface area contributed by atoms with Gasteiger partial charge in [0.1, 0.15) is 11.6 Å². The molecule has 0 amide bonds. The fraction of sp³-hybridized carbons (Fsp3) is 0.217. The second-order valence-corrected chi connectivity index (χ2v) is 9.31. The lowest BCUT2D eigenvalue weighted by Crippen LogP contribution is -2.18. The molecule has 0 saturated carbocycles. The Balaban J connectivity index is 1.61. The van der Waals surface area contributed by atoms with Crippen LogP contribution in [-0.2, 0) is 10.0 Å². The van der Waals surface area contributed by atoms with Gasteiger partial charge in [-0.1, -0.05) is 31.2 Å². The van der Waals surface area contributed by atoms with Crippen molar-refractivity contribution in [2.45, 2.75) is 19.3 Å². The highest BCUT2D eigenvalue weighted by molar-refractivity contribution is 7.92. The van der Waals surface area contributed by atoms with Crippen LogP contribution in [0.3, 0.4) is 0 Å². The highest BCUT2D eigenvalue weighted by Crippen LogP contribution is 2.35. The number of carbonyl (C=O) groups is 1. The fourth-order valence-electron chi connectivity index (χ4n) is 3.67. The zero-order chi connectivity index (χ0) is 22.0. The molecule has 6 nitrogen and oxygen atoms in total. The number of pyridine rings is 1. The summed E-state index contributed by atoms with van der Waals surface area (Å²) in [6, 6.07) is 14.5. The van der Waals surface area contributed by atoms with Gasteiger partial charge in [0.15, 0.2) is 5.78 Å². The normalized spacial score (nSPS) is 15.2. The van der Waals surface area contributed by atoms with Crippen LogP contribution in [0.1, 0.15) is 35.2 Å². The van der Waals surface area contributed by atoms with Crippen molar-refractivity contribution in [1.82, 2.24) is 4.98 Å². The minimum absolute atomic E-state index is 0.0168. The molecular weight excluding hydrogens is 417 g/mol. The van der Waals surface area contributed by atoms with E-state index in [0.717, 1.165) is 16.7 Å². The van der Waals surface area contributed by atoms with Gasteiger partial charge in [-0.25, -0.2) is 17.8 Å². The minimum atomic E-state index is -3.44. The van der Waals surface area contributed by atoms with Gasteiger partial charge in [-0.15, -0.1) is 0 Å². The molecule has 31 heavy (non-hydrogen) atoms. The molecule has 1 aliphatic rings. The highest BCUT2D eigenvalue weighted by Gasteiger charge is 2.31. The monoisotopic (exact) mass is 439 g/mol. The Labute approximate surface area is 180 Å². The van der Waals surface area contributed by atoms with E-state index in [4.69, 9.17) is 0 Å². The van der Waals surface area contributed by atoms with E-state index in [-0.39, 0.29) is 17.4 Å². The van der Waals surface area contributed by atoms with E-state index in [1.165, 1.54) is 12.1 Å². The molecule has 1 aromatic heterocycles. The number of nitrogens with one attached hydrogen (secondary N) is 2. The molecule has 0 bridgehead atoms. The number of nitrogens with zero attached hydrogens (tertiary/aromatic N) is 1. The highest BCUT2D eigenvalue weighted by atomic mass is 32.2. The predicted octanol–water partition coefficient (Wildman–Crippen LogP) is 4.43. The summed E-state index contributed by atoms with van der Waals surface area (Å²) in [5, 5.41) is 3.15. The van der Waals surface area contributed by atoms with E-state index >= 15 is 0 Å². The van der Waals surface area contributed by atoms with Crippen LogP contribution in [0.4, 0.5) is 15.9 Å². The average molecular weight is 440 g/mol. The van der Waals surface area contributed by atoms with Gasteiger partial charge in [-0.05, 0) is 42.3 Å². The minimum Gasteiger partial charge on any atom is -0.369 e. The lowest BCUT2D eigenvalue weighted by Gasteiger charge is -2.12. The van der Waals surface area contributed by atoms with Gasteiger partial charge in [0.25, 0.3) is 0 Å². The predicted molar refractivity (Wildman–Crippen MR) is 119 cm³/mol. The van der Waals surface area contributed by atoms with Crippen molar-refractivity contribution in [2.75, 3.05) is 22.3 Å². The molecule has 0 aliphatic carbocycles. The largest absolute Gasteiger partial charge is 0.369 e. The van der Waals surface area contributed by atoms with Gasteiger partial charge in [0, 0.05) is 35.1 Å². The maximum Gasteiger partial charge on any atom is 0.232 e. The Bertz CT molecular complexity index is 1230. The van der Waals surface area contributed by atoms with Crippen LogP contribution in [0.2, 0.25) is 0 Å². The van der Waals surface area contributed by atoms with Crippen LogP contribution < -0.4 is 10.0 Å². The molecule has 1 aliphatic heterocycles. The molecule has 2 heterocycles. The summed E-state index contributed by atoms with van der Waals surface area (Å²) in [5.74, 6) is -0.236. The number of carbonyl (C=O) groups excluding carboxylic acids is 1. The van der Waals surface area contributed by atoms with Crippen LogP contribution in [-0.4, -0.2) is 31.5 Å². The molecule has 0 fully saturated rings. The van der Waals surface area contributed by atoms with E-state index in [2.05, 4.69) is 15.0 Å². The molecule has 160 valence electrons. The molecule has 1 atom stereocenters. The van der Waals surface area contributed by atoms with Crippen molar-refractivity contribution >= 4 is 27.3 Å².